The van der Waals surface area contributed by atoms with Crippen LogP contribution >= 0.6 is 0 Å². The number of rotatable bonds is 4. The van der Waals surface area contributed by atoms with Crippen LogP contribution in [-0.2, 0) is 13.0 Å². The Morgan fingerprint density at radius 2 is 2.30 bits per heavy atom. The summed E-state index contributed by atoms with van der Waals surface area (Å²) in [5, 5.41) is 16.8. The number of nitrogens with one attached hydrogen (secondary N) is 1. The first kappa shape index (κ1) is 15.5. The van der Waals surface area contributed by atoms with Crippen molar-refractivity contribution in [3.63, 3.8) is 0 Å². The smallest absolute Gasteiger partial charge is 0.318 e. The molecule has 2 unspecified atom stereocenters. The van der Waals surface area contributed by atoms with Crippen LogP contribution in [0.3, 0.4) is 0 Å². The zero-order chi connectivity index (χ0) is 16.2. The number of benzene rings is 1. The second-order valence-corrected chi connectivity index (χ2v) is 5.81. The molecule has 122 valence electrons. The van der Waals surface area contributed by atoms with E-state index < -0.39 is 0 Å². The fourth-order valence-corrected chi connectivity index (χ4v) is 3.04. The number of carbonyl (C=O) groups is 1. The summed E-state index contributed by atoms with van der Waals surface area (Å²) in [7, 11) is 0. The highest BCUT2D eigenvalue weighted by Crippen LogP contribution is 2.29. The summed E-state index contributed by atoms with van der Waals surface area (Å²) in [6, 6.07) is 7.43. The maximum Gasteiger partial charge on any atom is 0.318 e. The van der Waals surface area contributed by atoms with Gasteiger partial charge in [-0.25, -0.2) is 9.78 Å². The minimum atomic E-state index is -0.293. The van der Waals surface area contributed by atoms with Crippen molar-refractivity contribution in [1.29, 1.82) is 0 Å². The Kier molecular flexibility index (Phi) is 4.57. The molecule has 0 saturated carbocycles. The number of nitrogens with zero attached hydrogens (tertiary/aromatic N) is 4. The summed E-state index contributed by atoms with van der Waals surface area (Å²) in [6.07, 6.45) is 3.89. The maximum atomic E-state index is 12.6. The number of hydrogen-bond donors (Lipinski definition) is 2. The summed E-state index contributed by atoms with van der Waals surface area (Å²) in [6.45, 7) is 3.00. The van der Waals surface area contributed by atoms with Gasteiger partial charge >= 0.3 is 6.03 Å². The third kappa shape index (κ3) is 3.34. The van der Waals surface area contributed by atoms with E-state index in [9.17, 15) is 9.90 Å². The quantitative estimate of drug-likeness (QED) is 0.880. The van der Waals surface area contributed by atoms with Crippen molar-refractivity contribution in [2.24, 2.45) is 0 Å². The lowest BCUT2D eigenvalue weighted by molar-refractivity contribution is 0.124. The lowest BCUT2D eigenvalue weighted by Gasteiger charge is -2.37. The van der Waals surface area contributed by atoms with Gasteiger partial charge < -0.3 is 15.3 Å². The van der Waals surface area contributed by atoms with Gasteiger partial charge in [0.1, 0.15) is 12.7 Å². The number of hydrogen-bond acceptors (Lipinski definition) is 4. The molecule has 0 saturated heterocycles. The third-order valence-corrected chi connectivity index (χ3v) is 4.14. The van der Waals surface area contributed by atoms with Gasteiger partial charge in [0.05, 0.1) is 19.2 Å². The second kappa shape index (κ2) is 6.78. The topological polar surface area (TPSA) is 83.3 Å². The molecule has 1 aliphatic rings. The molecule has 0 spiro atoms. The number of aliphatic hydroxyl groups excluding tert-OH is 1. The summed E-state index contributed by atoms with van der Waals surface area (Å²) < 4.78 is 1.68. The van der Waals surface area contributed by atoms with Crippen molar-refractivity contribution in [3.05, 3.63) is 48.0 Å². The van der Waals surface area contributed by atoms with E-state index >= 15 is 0 Å². The van der Waals surface area contributed by atoms with Crippen LogP contribution in [-0.4, -0.2) is 50.0 Å². The molecular weight excluding hydrogens is 294 g/mol. The molecule has 1 aromatic carbocycles. The van der Waals surface area contributed by atoms with Gasteiger partial charge in [-0.3, -0.25) is 4.68 Å². The summed E-state index contributed by atoms with van der Waals surface area (Å²) in [5.41, 5.74) is 2.23. The summed E-state index contributed by atoms with van der Waals surface area (Å²) in [5.74, 6) is 0. The van der Waals surface area contributed by atoms with Crippen LogP contribution in [0, 0.1) is 0 Å². The van der Waals surface area contributed by atoms with Crippen molar-refractivity contribution < 1.29 is 9.90 Å². The molecule has 0 bridgehead atoms. The molecule has 7 heteroatoms. The van der Waals surface area contributed by atoms with Gasteiger partial charge in [-0.2, -0.15) is 5.10 Å². The van der Waals surface area contributed by atoms with Crippen LogP contribution in [0.5, 0.6) is 0 Å². The van der Waals surface area contributed by atoms with E-state index in [-0.39, 0.29) is 24.7 Å². The first-order chi connectivity index (χ1) is 11.2. The Balaban J connectivity index is 1.67. The Morgan fingerprint density at radius 3 is 3.04 bits per heavy atom. The molecule has 7 nitrogen and oxygen atoms in total. The minimum absolute atomic E-state index is 0.0815. The van der Waals surface area contributed by atoms with E-state index in [0.29, 0.717) is 13.1 Å². The first-order valence-corrected chi connectivity index (χ1v) is 7.77. The second-order valence-electron chi connectivity index (χ2n) is 5.81. The molecule has 2 N–H and O–H groups in total. The van der Waals surface area contributed by atoms with Crippen molar-refractivity contribution >= 4 is 6.03 Å². The molecule has 2 amide bonds. The van der Waals surface area contributed by atoms with Crippen molar-refractivity contribution in [2.45, 2.75) is 32.0 Å². The highest BCUT2D eigenvalue weighted by molar-refractivity contribution is 5.75. The highest BCUT2D eigenvalue weighted by Gasteiger charge is 2.30. The average molecular weight is 315 g/mol. The van der Waals surface area contributed by atoms with Gasteiger partial charge in [-0.05, 0) is 24.5 Å². The predicted octanol–water partition coefficient (Wildman–Crippen LogP) is 0.968. The minimum Gasteiger partial charge on any atom is -0.394 e. The molecule has 23 heavy (non-hydrogen) atoms. The van der Waals surface area contributed by atoms with Gasteiger partial charge in [0.15, 0.2) is 0 Å². The Labute approximate surface area is 134 Å². The van der Waals surface area contributed by atoms with Crippen molar-refractivity contribution in [1.82, 2.24) is 25.0 Å². The molecule has 1 aromatic heterocycles. The zero-order valence-electron chi connectivity index (χ0n) is 13.1. The zero-order valence-corrected chi connectivity index (χ0v) is 13.1. The number of fused-ring (bicyclic) bond motifs is 1. The van der Waals surface area contributed by atoms with Crippen LogP contribution in [0.15, 0.2) is 36.9 Å². The van der Waals surface area contributed by atoms with Crippen LogP contribution < -0.4 is 5.32 Å². The van der Waals surface area contributed by atoms with E-state index in [1.165, 1.54) is 11.9 Å². The summed E-state index contributed by atoms with van der Waals surface area (Å²) in [4.78, 5) is 18.2. The monoisotopic (exact) mass is 315 g/mol. The normalized spacial score (nSPS) is 18.3. The van der Waals surface area contributed by atoms with Gasteiger partial charge in [-0.15, -0.1) is 0 Å². The van der Waals surface area contributed by atoms with E-state index in [2.05, 4.69) is 21.5 Å². The number of carbonyl (C=O) groups excluding carboxylic acids is 1. The van der Waals surface area contributed by atoms with Crippen LogP contribution in [0.4, 0.5) is 4.79 Å². The molecule has 2 atom stereocenters. The van der Waals surface area contributed by atoms with Crippen molar-refractivity contribution in [2.75, 3.05) is 13.2 Å². The molecule has 2 aromatic rings. The molecule has 0 fully saturated rings. The molecule has 1 aliphatic heterocycles. The fourth-order valence-electron chi connectivity index (χ4n) is 3.04. The van der Waals surface area contributed by atoms with Crippen LogP contribution in [0.2, 0.25) is 0 Å². The van der Waals surface area contributed by atoms with Gasteiger partial charge in [-0.1, -0.05) is 24.3 Å². The lowest BCUT2D eigenvalue weighted by Crippen LogP contribution is -2.49. The average Bonchev–Trinajstić information content (AvgIpc) is 3.06. The number of urea groups is 1. The van der Waals surface area contributed by atoms with E-state index in [1.807, 2.05) is 25.1 Å². The number of aliphatic hydroxyl groups is 1. The lowest BCUT2D eigenvalue weighted by atomic mass is 9.93. The summed E-state index contributed by atoms with van der Waals surface area (Å²) >= 11 is 0. The fraction of sp³-hybridized carbons (Fsp3) is 0.438. The largest absolute Gasteiger partial charge is 0.394 e. The SMILES string of the molecule is CC(Cn1cncn1)NC(=O)N1CCc2ccccc2C1CO. The standard InChI is InChI=1S/C16H21N5O2/c1-12(8-20-11-17-10-18-20)19-16(23)21-7-6-13-4-2-3-5-14(13)15(21)9-22/h2-5,10-12,15,22H,6-9H2,1H3,(H,19,23). The van der Waals surface area contributed by atoms with Crippen LogP contribution in [0.1, 0.15) is 24.1 Å². The van der Waals surface area contributed by atoms with Gasteiger partial charge in [0.2, 0.25) is 0 Å². The highest BCUT2D eigenvalue weighted by atomic mass is 16.3. The Hall–Kier alpha value is -2.41. The Morgan fingerprint density at radius 1 is 1.48 bits per heavy atom. The molecule has 2 heterocycles. The molecule has 3 rings (SSSR count). The predicted molar refractivity (Wildman–Crippen MR) is 84.7 cm³/mol. The van der Waals surface area contributed by atoms with E-state index in [0.717, 1.165) is 12.0 Å². The van der Waals surface area contributed by atoms with E-state index in [1.54, 1.807) is 15.9 Å². The molecular formula is C16H21N5O2. The van der Waals surface area contributed by atoms with Gasteiger partial charge in [0.25, 0.3) is 0 Å². The number of amides is 2. The van der Waals surface area contributed by atoms with Crippen molar-refractivity contribution in [3.8, 4) is 0 Å². The Bertz CT molecular complexity index is 658. The first-order valence-electron chi connectivity index (χ1n) is 7.77. The van der Waals surface area contributed by atoms with E-state index in [4.69, 9.17) is 0 Å². The molecule has 0 aliphatic carbocycles. The van der Waals surface area contributed by atoms with Crippen LogP contribution in [0.25, 0.3) is 0 Å². The number of aromatic nitrogens is 3. The third-order valence-electron chi connectivity index (χ3n) is 4.14. The molecule has 0 radical (unpaired) electrons. The maximum absolute atomic E-state index is 12.6. The van der Waals surface area contributed by atoms with Gasteiger partial charge in [0, 0.05) is 12.6 Å².